The van der Waals surface area contributed by atoms with E-state index in [0.29, 0.717) is 18.1 Å². The summed E-state index contributed by atoms with van der Waals surface area (Å²) >= 11 is 0. The first-order chi connectivity index (χ1) is 18.1. The number of fused-ring (bicyclic) bond motifs is 4. The van der Waals surface area contributed by atoms with E-state index in [4.69, 9.17) is 4.74 Å². The first-order valence-electron chi connectivity index (χ1n) is 13.5. The van der Waals surface area contributed by atoms with Gasteiger partial charge in [0, 0.05) is 35.8 Å². The Morgan fingerprint density at radius 3 is 1.92 bits per heavy atom. The van der Waals surface area contributed by atoms with Crippen LogP contribution in [0.1, 0.15) is 68.2 Å². The van der Waals surface area contributed by atoms with E-state index < -0.39 is 23.1 Å². The minimum Gasteiger partial charge on any atom is -0.390 e. The number of morpholine rings is 1. The number of allylic oxidation sites excluding steroid dienone is 2. The summed E-state index contributed by atoms with van der Waals surface area (Å²) in [6, 6.07) is -0.379. The first kappa shape index (κ1) is 27.3. The molecule has 10 heteroatoms. The SMILES string of the molecule is CC(C)=CC(=O)NC1=C(CC2=C(NC(=O)C=C(C)C)N3[C@@H](C)[C@H]4O[C@@H]4[C@@]3(C)C2=O)C(=O)[C@]2(C)[C@H](O)C[C@H](C)N12. The second kappa shape index (κ2) is 8.89. The van der Waals surface area contributed by atoms with Gasteiger partial charge in [0.25, 0.3) is 0 Å². The second-order valence-corrected chi connectivity index (χ2v) is 12.3. The molecule has 0 radical (unpaired) electrons. The van der Waals surface area contributed by atoms with Crippen molar-refractivity contribution in [3.8, 4) is 0 Å². The fourth-order valence-electron chi connectivity index (χ4n) is 7.04. The maximum absolute atomic E-state index is 14.1. The molecule has 3 N–H and O–H groups in total. The van der Waals surface area contributed by atoms with Gasteiger partial charge in [0.15, 0.2) is 11.6 Å². The summed E-state index contributed by atoms with van der Waals surface area (Å²) in [5.74, 6) is -0.647. The summed E-state index contributed by atoms with van der Waals surface area (Å²) < 4.78 is 5.83. The fourth-order valence-corrected chi connectivity index (χ4v) is 7.04. The van der Waals surface area contributed by atoms with Gasteiger partial charge < -0.3 is 30.3 Å². The zero-order valence-electron chi connectivity index (χ0n) is 23.8. The van der Waals surface area contributed by atoms with Gasteiger partial charge in [0.05, 0.1) is 12.1 Å². The van der Waals surface area contributed by atoms with Crippen LogP contribution in [0, 0.1) is 0 Å². The van der Waals surface area contributed by atoms with Crippen LogP contribution in [0.25, 0.3) is 0 Å². The van der Waals surface area contributed by atoms with Crippen molar-refractivity contribution >= 4 is 23.4 Å². The number of nitrogens with one attached hydrogen (secondary N) is 2. The largest absolute Gasteiger partial charge is 0.390 e. The number of nitrogens with zero attached hydrogens (tertiary/aromatic N) is 2. The zero-order chi connectivity index (χ0) is 28.8. The summed E-state index contributed by atoms with van der Waals surface area (Å²) in [4.78, 5) is 57.6. The van der Waals surface area contributed by atoms with Crippen molar-refractivity contribution in [2.45, 2.75) is 110 Å². The van der Waals surface area contributed by atoms with Crippen LogP contribution in [0.4, 0.5) is 0 Å². The van der Waals surface area contributed by atoms with Crippen molar-refractivity contribution in [2.75, 3.05) is 0 Å². The van der Waals surface area contributed by atoms with Gasteiger partial charge >= 0.3 is 0 Å². The standard InChI is InChI=1S/C29H38N4O6/c1-13(2)9-20(35)30-26-17(23(37)28(7)19(34)11-15(5)32(26)28)12-18-24(38)29(8)25-22(39-25)16(6)33(29)27(18)31-21(36)10-14(3)4/h9-10,15-16,19,22,25,34H,11-12H2,1-8H3,(H,30,35)(H,31,36)/t15-,16-,19+,22+,25-,28-,29+/m0/s1. The molecule has 210 valence electrons. The summed E-state index contributed by atoms with van der Waals surface area (Å²) in [6.45, 7) is 14.6. The van der Waals surface area contributed by atoms with Gasteiger partial charge in [-0.2, -0.15) is 0 Å². The summed E-state index contributed by atoms with van der Waals surface area (Å²) in [6.07, 6.45) is 1.81. The lowest BCUT2D eigenvalue weighted by Crippen LogP contribution is -2.52. The van der Waals surface area contributed by atoms with Crippen LogP contribution >= 0.6 is 0 Å². The Kier molecular flexibility index (Phi) is 6.23. The highest BCUT2D eigenvalue weighted by Crippen LogP contribution is 2.55. The molecule has 0 spiro atoms. The van der Waals surface area contributed by atoms with Crippen LogP contribution < -0.4 is 10.6 Å². The number of hydrogen-bond acceptors (Lipinski definition) is 8. The molecule has 3 fully saturated rings. The number of epoxide rings is 1. The Morgan fingerprint density at radius 2 is 1.41 bits per heavy atom. The molecule has 5 rings (SSSR count). The highest BCUT2D eigenvalue weighted by molar-refractivity contribution is 6.12. The van der Waals surface area contributed by atoms with E-state index in [-0.39, 0.29) is 59.3 Å². The first-order valence-corrected chi connectivity index (χ1v) is 13.5. The molecule has 5 heterocycles. The Bertz CT molecular complexity index is 1240. The maximum Gasteiger partial charge on any atom is 0.249 e. The smallest absolute Gasteiger partial charge is 0.249 e. The second-order valence-electron chi connectivity index (χ2n) is 12.3. The van der Waals surface area contributed by atoms with Gasteiger partial charge in [-0.05, 0) is 61.8 Å². The quantitative estimate of drug-likeness (QED) is 0.343. The predicted molar refractivity (Wildman–Crippen MR) is 143 cm³/mol. The molecule has 2 amide bonds. The normalized spacial score (nSPS) is 36.2. The number of carbonyl (C=O) groups is 4. The van der Waals surface area contributed by atoms with Gasteiger partial charge in [-0.25, -0.2) is 0 Å². The lowest BCUT2D eigenvalue weighted by molar-refractivity contribution is -0.126. The van der Waals surface area contributed by atoms with Crippen LogP contribution in [0.15, 0.2) is 46.1 Å². The number of aliphatic hydroxyl groups is 1. The predicted octanol–water partition coefficient (Wildman–Crippen LogP) is 1.57. The molecule has 0 aromatic carbocycles. The minimum atomic E-state index is -1.27. The van der Waals surface area contributed by atoms with Gasteiger partial charge in [-0.3, -0.25) is 19.2 Å². The van der Waals surface area contributed by atoms with Crippen molar-refractivity contribution in [3.05, 3.63) is 46.1 Å². The molecule has 5 aliphatic rings. The number of hydrogen-bond donors (Lipinski definition) is 3. The van der Waals surface area contributed by atoms with E-state index in [1.165, 1.54) is 12.2 Å². The van der Waals surface area contributed by atoms with E-state index >= 15 is 0 Å². The van der Waals surface area contributed by atoms with Crippen LogP contribution in [0.2, 0.25) is 0 Å². The van der Waals surface area contributed by atoms with Crippen molar-refractivity contribution in [2.24, 2.45) is 0 Å². The molecule has 5 aliphatic heterocycles. The van der Waals surface area contributed by atoms with Gasteiger partial charge in [0.1, 0.15) is 34.9 Å². The van der Waals surface area contributed by atoms with Crippen molar-refractivity contribution in [3.63, 3.8) is 0 Å². The number of ketones is 2. The van der Waals surface area contributed by atoms with E-state index in [1.54, 1.807) is 25.7 Å². The molecule has 39 heavy (non-hydrogen) atoms. The average molecular weight is 539 g/mol. The average Bonchev–Trinajstić information content (AvgIpc) is 3.44. The third kappa shape index (κ3) is 3.82. The van der Waals surface area contributed by atoms with Crippen molar-refractivity contribution in [1.82, 2.24) is 20.4 Å². The fraction of sp³-hybridized carbons (Fsp3) is 0.586. The third-order valence-electron chi connectivity index (χ3n) is 8.81. The molecular formula is C29H38N4O6. The summed E-state index contributed by atoms with van der Waals surface area (Å²) in [5.41, 5.74) is -0.158. The molecule has 10 nitrogen and oxygen atoms in total. The monoisotopic (exact) mass is 538 g/mol. The van der Waals surface area contributed by atoms with Crippen LogP contribution in [0.5, 0.6) is 0 Å². The third-order valence-corrected chi connectivity index (χ3v) is 8.81. The number of ether oxygens (including phenoxy) is 1. The van der Waals surface area contributed by atoms with Gasteiger partial charge in [0.2, 0.25) is 11.8 Å². The highest BCUT2D eigenvalue weighted by Gasteiger charge is 2.73. The van der Waals surface area contributed by atoms with Crippen LogP contribution in [-0.2, 0) is 23.9 Å². The zero-order valence-corrected chi connectivity index (χ0v) is 23.8. The van der Waals surface area contributed by atoms with Crippen molar-refractivity contribution in [1.29, 1.82) is 0 Å². The van der Waals surface area contributed by atoms with Gasteiger partial charge in [-0.15, -0.1) is 0 Å². The molecule has 0 unspecified atom stereocenters. The Morgan fingerprint density at radius 1 is 0.923 bits per heavy atom. The molecule has 7 atom stereocenters. The molecule has 0 aromatic heterocycles. The molecule has 0 aliphatic carbocycles. The Labute approximate surface area is 228 Å². The summed E-state index contributed by atoms with van der Waals surface area (Å²) in [5, 5.41) is 16.8. The highest BCUT2D eigenvalue weighted by atomic mass is 16.6. The molecular weight excluding hydrogens is 500 g/mol. The molecule has 0 aromatic rings. The van der Waals surface area contributed by atoms with E-state index in [9.17, 15) is 24.3 Å². The number of amides is 2. The van der Waals surface area contributed by atoms with E-state index in [1.807, 2.05) is 39.5 Å². The van der Waals surface area contributed by atoms with Crippen LogP contribution in [0.3, 0.4) is 0 Å². The Balaban J connectivity index is 1.63. The number of carbonyl (C=O) groups excluding carboxylic acids is 4. The van der Waals surface area contributed by atoms with Crippen molar-refractivity contribution < 1.29 is 29.0 Å². The van der Waals surface area contributed by atoms with E-state index in [2.05, 4.69) is 10.6 Å². The molecule has 3 saturated heterocycles. The number of rotatable bonds is 6. The lowest BCUT2D eigenvalue weighted by atomic mass is 9.85. The molecule has 0 saturated carbocycles. The maximum atomic E-state index is 14.1. The van der Waals surface area contributed by atoms with Gasteiger partial charge in [-0.1, -0.05) is 11.1 Å². The Hall–Kier alpha value is -3.24. The minimum absolute atomic E-state index is 0.103. The summed E-state index contributed by atoms with van der Waals surface area (Å²) in [7, 11) is 0. The number of aliphatic hydroxyl groups excluding tert-OH is 1. The lowest BCUT2D eigenvalue weighted by Gasteiger charge is -2.35. The van der Waals surface area contributed by atoms with E-state index in [0.717, 1.165) is 11.1 Å². The topological polar surface area (TPSA) is 132 Å². The van der Waals surface area contributed by atoms with Crippen LogP contribution in [-0.4, -0.2) is 79.8 Å². The molecule has 0 bridgehead atoms. The number of Topliss-reactive ketones (excluding diaryl/α,β-unsaturated/α-hetero) is 2.